The van der Waals surface area contributed by atoms with Crippen LogP contribution in [0, 0.1) is 13.8 Å². The first kappa shape index (κ1) is 21.3. The van der Waals surface area contributed by atoms with Crippen molar-refractivity contribution in [3.05, 3.63) is 53.1 Å². The highest BCUT2D eigenvalue weighted by Gasteiger charge is 2.26. The van der Waals surface area contributed by atoms with Gasteiger partial charge in [0.15, 0.2) is 0 Å². The van der Waals surface area contributed by atoms with E-state index >= 15 is 0 Å². The fraction of sp³-hybridized carbons (Fsp3) is 0.409. The lowest BCUT2D eigenvalue weighted by Crippen LogP contribution is -2.36. The molecule has 1 aliphatic carbocycles. The lowest BCUT2D eigenvalue weighted by molar-refractivity contribution is 0.102. The number of ether oxygens (including phenoxy) is 1. The van der Waals surface area contributed by atoms with E-state index in [2.05, 4.69) is 10.0 Å². The van der Waals surface area contributed by atoms with Crippen LogP contribution in [0.1, 0.15) is 53.6 Å². The summed E-state index contributed by atoms with van der Waals surface area (Å²) in [4.78, 5) is 12.7. The predicted molar refractivity (Wildman–Crippen MR) is 114 cm³/mol. The Morgan fingerprint density at radius 1 is 1.00 bits per heavy atom. The summed E-state index contributed by atoms with van der Waals surface area (Å²) in [5.74, 6) is -0.150. The molecule has 0 spiro atoms. The van der Waals surface area contributed by atoms with Gasteiger partial charge in [-0.2, -0.15) is 0 Å². The summed E-state index contributed by atoms with van der Waals surface area (Å²) in [6, 6.07) is 10.1. The van der Waals surface area contributed by atoms with Crippen molar-refractivity contribution < 1.29 is 17.9 Å². The molecule has 0 bridgehead atoms. The van der Waals surface area contributed by atoms with Crippen molar-refractivity contribution >= 4 is 21.6 Å². The zero-order chi connectivity index (χ0) is 21.0. The molecule has 2 aromatic rings. The van der Waals surface area contributed by atoms with Crippen LogP contribution in [0.2, 0.25) is 0 Å². The van der Waals surface area contributed by atoms with Crippen LogP contribution in [0.5, 0.6) is 5.75 Å². The van der Waals surface area contributed by atoms with Gasteiger partial charge in [-0.15, -0.1) is 0 Å². The Bertz CT molecular complexity index is 976. The van der Waals surface area contributed by atoms with E-state index in [1.165, 1.54) is 19.2 Å². The Hall–Kier alpha value is -2.38. The number of hydrogen-bond donors (Lipinski definition) is 2. The zero-order valence-electron chi connectivity index (χ0n) is 17.1. The summed E-state index contributed by atoms with van der Waals surface area (Å²) in [5.41, 5.74) is 3.01. The fourth-order valence-corrected chi connectivity index (χ4v) is 5.28. The molecule has 7 heteroatoms. The Morgan fingerprint density at radius 2 is 1.66 bits per heavy atom. The monoisotopic (exact) mass is 416 g/mol. The van der Waals surface area contributed by atoms with Crippen LogP contribution in [-0.2, 0) is 10.0 Å². The molecule has 0 heterocycles. The molecule has 1 fully saturated rings. The molecule has 1 amide bonds. The molecule has 0 saturated heterocycles. The molecular weight excluding hydrogens is 388 g/mol. The third-order valence-electron chi connectivity index (χ3n) is 5.12. The van der Waals surface area contributed by atoms with Gasteiger partial charge in [-0.05, 0) is 68.1 Å². The maximum absolute atomic E-state index is 13.0. The van der Waals surface area contributed by atoms with Crippen LogP contribution in [-0.4, -0.2) is 27.5 Å². The second kappa shape index (κ2) is 8.97. The normalized spacial score (nSPS) is 15.1. The number of rotatable bonds is 6. The van der Waals surface area contributed by atoms with Crippen molar-refractivity contribution in [3.8, 4) is 5.75 Å². The van der Waals surface area contributed by atoms with Crippen molar-refractivity contribution in [1.29, 1.82) is 0 Å². The smallest absolute Gasteiger partial charge is 0.255 e. The van der Waals surface area contributed by atoms with Gasteiger partial charge in [0.2, 0.25) is 10.0 Å². The molecule has 2 aromatic carbocycles. The van der Waals surface area contributed by atoms with E-state index < -0.39 is 10.0 Å². The minimum atomic E-state index is -3.80. The van der Waals surface area contributed by atoms with Crippen molar-refractivity contribution in [2.75, 3.05) is 12.4 Å². The molecule has 29 heavy (non-hydrogen) atoms. The van der Waals surface area contributed by atoms with Crippen LogP contribution in [0.25, 0.3) is 0 Å². The second-order valence-electron chi connectivity index (χ2n) is 7.65. The minimum Gasteiger partial charge on any atom is -0.495 e. The lowest BCUT2D eigenvalue weighted by Gasteiger charge is -2.23. The van der Waals surface area contributed by atoms with Crippen molar-refractivity contribution in [2.45, 2.75) is 56.9 Å². The lowest BCUT2D eigenvalue weighted by atomic mass is 9.96. The Kier molecular flexibility index (Phi) is 6.59. The summed E-state index contributed by atoms with van der Waals surface area (Å²) in [5, 5.41) is 2.84. The molecule has 6 nitrogen and oxygen atoms in total. The van der Waals surface area contributed by atoms with Crippen molar-refractivity contribution in [1.82, 2.24) is 4.72 Å². The number of benzene rings is 2. The Labute approximate surface area is 172 Å². The predicted octanol–water partition coefficient (Wildman–Crippen LogP) is 4.18. The summed E-state index contributed by atoms with van der Waals surface area (Å²) in [7, 11) is -2.38. The summed E-state index contributed by atoms with van der Waals surface area (Å²) in [6.07, 6.45) is 4.82. The standard InChI is InChI=1S/C22H28N2O4S/c1-15-11-16(2)13-19(12-15)23-22(25)17-9-10-20(28-3)21(14-17)29(26,27)24-18-7-5-4-6-8-18/h9-14,18,24H,4-8H2,1-3H3,(H,23,25). The highest BCUT2D eigenvalue weighted by molar-refractivity contribution is 7.89. The molecule has 2 N–H and O–H groups in total. The molecule has 3 rings (SSSR count). The summed E-state index contributed by atoms with van der Waals surface area (Å²) in [6.45, 7) is 3.91. The van der Waals surface area contributed by atoms with Gasteiger partial charge in [0.05, 0.1) is 7.11 Å². The van der Waals surface area contributed by atoms with Crippen LogP contribution >= 0.6 is 0 Å². The third kappa shape index (κ3) is 5.36. The number of methoxy groups -OCH3 is 1. The number of carbonyl (C=O) groups is 1. The van der Waals surface area contributed by atoms with E-state index in [1.807, 2.05) is 32.0 Å². The largest absolute Gasteiger partial charge is 0.495 e. The van der Waals surface area contributed by atoms with Crippen molar-refractivity contribution in [2.24, 2.45) is 0 Å². The van der Waals surface area contributed by atoms with E-state index in [4.69, 9.17) is 4.74 Å². The molecule has 0 aliphatic heterocycles. The van der Waals surface area contributed by atoms with Crippen LogP contribution in [0.15, 0.2) is 41.3 Å². The topological polar surface area (TPSA) is 84.5 Å². The van der Waals surface area contributed by atoms with Gasteiger partial charge in [-0.1, -0.05) is 25.3 Å². The van der Waals surface area contributed by atoms with Gasteiger partial charge < -0.3 is 10.1 Å². The maximum Gasteiger partial charge on any atom is 0.255 e. The first-order chi connectivity index (χ1) is 13.8. The van der Waals surface area contributed by atoms with E-state index in [0.29, 0.717) is 5.69 Å². The fourth-order valence-electron chi connectivity index (χ4n) is 3.78. The highest BCUT2D eigenvalue weighted by atomic mass is 32.2. The first-order valence-electron chi connectivity index (χ1n) is 9.88. The number of carbonyl (C=O) groups excluding carboxylic acids is 1. The average molecular weight is 417 g/mol. The van der Waals surface area contributed by atoms with Gasteiger partial charge in [-0.3, -0.25) is 4.79 Å². The summed E-state index contributed by atoms with van der Waals surface area (Å²) < 4.78 is 34.0. The van der Waals surface area contributed by atoms with E-state index in [9.17, 15) is 13.2 Å². The van der Waals surface area contributed by atoms with Crippen LogP contribution in [0.3, 0.4) is 0 Å². The number of anilines is 1. The molecule has 1 aliphatic rings. The molecule has 0 radical (unpaired) electrons. The van der Waals surface area contributed by atoms with Gasteiger partial charge in [-0.25, -0.2) is 13.1 Å². The van der Waals surface area contributed by atoms with E-state index in [0.717, 1.165) is 43.2 Å². The maximum atomic E-state index is 13.0. The van der Waals surface area contributed by atoms with Gasteiger partial charge in [0.1, 0.15) is 10.6 Å². The number of amides is 1. The summed E-state index contributed by atoms with van der Waals surface area (Å²) >= 11 is 0. The van der Waals surface area contributed by atoms with Crippen LogP contribution in [0.4, 0.5) is 5.69 Å². The minimum absolute atomic E-state index is 0.0151. The molecule has 156 valence electrons. The third-order valence-corrected chi connectivity index (χ3v) is 6.66. The molecule has 0 aromatic heterocycles. The van der Waals surface area contributed by atoms with Crippen molar-refractivity contribution in [3.63, 3.8) is 0 Å². The molecule has 1 saturated carbocycles. The van der Waals surface area contributed by atoms with Gasteiger partial charge in [0, 0.05) is 17.3 Å². The number of hydrogen-bond acceptors (Lipinski definition) is 4. The number of aryl methyl sites for hydroxylation is 2. The van der Waals surface area contributed by atoms with Crippen LogP contribution < -0.4 is 14.8 Å². The quantitative estimate of drug-likeness (QED) is 0.740. The Morgan fingerprint density at radius 3 is 2.28 bits per heavy atom. The zero-order valence-corrected chi connectivity index (χ0v) is 17.9. The average Bonchev–Trinajstić information content (AvgIpc) is 2.67. The molecule has 0 atom stereocenters. The van der Waals surface area contributed by atoms with E-state index in [1.54, 1.807) is 6.07 Å². The number of nitrogens with one attached hydrogen (secondary N) is 2. The first-order valence-corrected chi connectivity index (χ1v) is 11.4. The molecular formula is C22H28N2O4S. The van der Waals surface area contributed by atoms with E-state index in [-0.39, 0.29) is 28.2 Å². The second-order valence-corrected chi connectivity index (χ2v) is 9.33. The Balaban J connectivity index is 1.86. The van der Waals surface area contributed by atoms with Gasteiger partial charge >= 0.3 is 0 Å². The highest BCUT2D eigenvalue weighted by Crippen LogP contribution is 2.27. The molecule has 0 unspecified atom stereocenters. The number of sulfonamides is 1. The SMILES string of the molecule is COc1ccc(C(=O)Nc2cc(C)cc(C)c2)cc1S(=O)(=O)NC1CCCCC1. The van der Waals surface area contributed by atoms with Gasteiger partial charge in [0.25, 0.3) is 5.91 Å².